The summed E-state index contributed by atoms with van der Waals surface area (Å²) in [5, 5.41) is 8.73. The Bertz CT molecular complexity index is 419. The van der Waals surface area contributed by atoms with E-state index in [-0.39, 0.29) is 4.71 Å². The molecule has 0 bridgehead atoms. The maximum absolute atomic E-state index is 8.73. The summed E-state index contributed by atoms with van der Waals surface area (Å²) in [6.07, 6.45) is 3.89. The fourth-order valence-electron chi connectivity index (χ4n) is 1.77. The molecule has 0 aromatic rings. The van der Waals surface area contributed by atoms with Crippen LogP contribution in [0, 0.1) is 11.5 Å². The van der Waals surface area contributed by atoms with Gasteiger partial charge in [0.25, 0.3) is 0 Å². The number of aliphatic imine (C=N–C) groups is 1. The van der Waals surface area contributed by atoms with Crippen LogP contribution >= 0.6 is 24.4 Å². The van der Waals surface area contributed by atoms with Crippen molar-refractivity contribution in [3.63, 3.8) is 0 Å². The summed E-state index contributed by atoms with van der Waals surface area (Å²) >= 11 is 6.13. The van der Waals surface area contributed by atoms with Gasteiger partial charge in [-0.2, -0.15) is 5.26 Å². The van der Waals surface area contributed by atoms with E-state index in [2.05, 4.69) is 23.8 Å². The minimum absolute atomic E-state index is 0.153. The number of thiol groups is 1. The average molecular weight is 285 g/mol. The molecule has 98 valence electrons. The Labute approximate surface area is 116 Å². The highest BCUT2D eigenvalue weighted by Gasteiger charge is 2.26. The van der Waals surface area contributed by atoms with Crippen molar-refractivity contribution in [2.45, 2.75) is 4.71 Å². The molecule has 0 radical (unpaired) electrons. The van der Waals surface area contributed by atoms with E-state index < -0.39 is 0 Å². The zero-order valence-electron chi connectivity index (χ0n) is 10.3. The zero-order valence-corrected chi connectivity index (χ0v) is 12.0. The Hall–Kier alpha value is -1.04. The van der Waals surface area contributed by atoms with Crippen molar-refractivity contribution in [1.29, 1.82) is 5.26 Å². The van der Waals surface area contributed by atoms with Gasteiger partial charge in [0.2, 0.25) is 12.2 Å². The molecule has 1 saturated heterocycles. The zero-order chi connectivity index (χ0) is 13.1. The third-order valence-electron chi connectivity index (χ3n) is 2.61. The van der Waals surface area contributed by atoms with Crippen LogP contribution in [0.1, 0.15) is 0 Å². The number of nitriles is 1. The summed E-state index contributed by atoms with van der Waals surface area (Å²) in [5.41, 5.74) is 0. The molecule has 0 aromatic carbocycles. The van der Waals surface area contributed by atoms with Crippen LogP contribution in [0.4, 0.5) is 0 Å². The second-order valence-electron chi connectivity index (χ2n) is 4.08. The van der Waals surface area contributed by atoms with Gasteiger partial charge in [0.05, 0.1) is 6.54 Å². The largest absolute Gasteiger partial charge is 0.359 e. The minimum Gasteiger partial charge on any atom is -0.359 e. The number of rotatable bonds is 2. The lowest BCUT2D eigenvalue weighted by Gasteiger charge is -2.35. The smallest absolute Gasteiger partial charge is 0.216 e. The average Bonchev–Trinajstić information content (AvgIpc) is 2.63. The van der Waals surface area contributed by atoms with E-state index >= 15 is 0 Å². The quantitative estimate of drug-likeness (QED) is 0.596. The summed E-state index contributed by atoms with van der Waals surface area (Å²) < 4.78 is 5.58. The highest BCUT2D eigenvalue weighted by atomic mass is 32.2. The summed E-state index contributed by atoms with van der Waals surface area (Å²) in [5.74, 6) is 0.649. The van der Waals surface area contributed by atoms with Crippen LogP contribution in [0.2, 0.25) is 0 Å². The van der Waals surface area contributed by atoms with E-state index in [0.29, 0.717) is 26.0 Å². The van der Waals surface area contributed by atoms with Gasteiger partial charge in [-0.3, -0.25) is 0 Å². The van der Waals surface area contributed by atoms with Crippen molar-refractivity contribution >= 4 is 30.4 Å². The lowest BCUT2D eigenvalue weighted by atomic mass is 10.5. The van der Waals surface area contributed by atoms with Gasteiger partial charge in [0.15, 0.2) is 0 Å². The topological polar surface area (TPSA) is 55.1 Å². The van der Waals surface area contributed by atoms with Crippen molar-refractivity contribution in [3.05, 3.63) is 11.1 Å². The van der Waals surface area contributed by atoms with Gasteiger partial charge in [0.1, 0.15) is 18.2 Å². The first kappa shape index (κ1) is 13.4. The molecule has 1 atom stereocenters. The van der Waals surface area contributed by atoms with E-state index in [1.54, 1.807) is 11.8 Å². The Morgan fingerprint density at radius 1 is 1.61 bits per heavy atom. The molecule has 18 heavy (non-hydrogen) atoms. The summed E-state index contributed by atoms with van der Waals surface area (Å²) in [4.78, 5) is 10.8. The molecule has 1 unspecified atom stereocenters. The number of thioether (sulfide) groups is 1. The summed E-state index contributed by atoms with van der Waals surface area (Å²) in [7, 11) is 3.84. The van der Waals surface area contributed by atoms with Crippen LogP contribution in [0.3, 0.4) is 0 Å². The predicted octanol–water partition coefficient (Wildman–Crippen LogP) is 0.736. The van der Waals surface area contributed by atoms with Gasteiger partial charge in [-0.1, -0.05) is 11.8 Å². The Morgan fingerprint density at radius 3 is 3.00 bits per heavy atom. The van der Waals surface area contributed by atoms with E-state index in [4.69, 9.17) is 10.00 Å². The third kappa shape index (κ3) is 2.85. The molecular weight excluding hydrogens is 270 g/mol. The number of nitrogens with zero attached hydrogens (tertiary/aromatic N) is 5. The van der Waals surface area contributed by atoms with Crippen LogP contribution in [0.5, 0.6) is 0 Å². The molecule has 2 aliphatic rings. The van der Waals surface area contributed by atoms with Gasteiger partial charge in [-0.15, -0.1) is 17.6 Å². The fourth-order valence-corrected chi connectivity index (χ4v) is 3.20. The highest BCUT2D eigenvalue weighted by molar-refractivity contribution is 8.13. The van der Waals surface area contributed by atoms with E-state index in [0.717, 1.165) is 0 Å². The first-order chi connectivity index (χ1) is 8.61. The highest BCUT2D eigenvalue weighted by Crippen LogP contribution is 2.34. The van der Waals surface area contributed by atoms with Crippen molar-refractivity contribution in [2.24, 2.45) is 4.99 Å². The number of guanidine groups is 1. The SMILES string of the molecule is CN1COCN(CC2=CN(C)C(S)S2)C1=NC#N. The molecule has 0 aromatic heterocycles. The molecule has 0 saturated carbocycles. The first-order valence-corrected chi connectivity index (χ1v) is 6.79. The maximum atomic E-state index is 8.73. The third-order valence-corrected chi connectivity index (χ3v) is 4.37. The molecule has 1 fully saturated rings. The van der Waals surface area contributed by atoms with Crippen molar-refractivity contribution < 1.29 is 4.74 Å². The molecule has 6 nitrogen and oxygen atoms in total. The molecule has 2 heterocycles. The molecule has 0 amide bonds. The Morgan fingerprint density at radius 2 is 2.39 bits per heavy atom. The van der Waals surface area contributed by atoms with E-state index in [1.165, 1.54) is 4.91 Å². The molecule has 0 spiro atoms. The van der Waals surface area contributed by atoms with E-state index in [1.807, 2.05) is 35.0 Å². The number of hydrogen-bond donors (Lipinski definition) is 1. The van der Waals surface area contributed by atoms with Crippen molar-refractivity contribution in [1.82, 2.24) is 14.7 Å². The molecule has 0 aliphatic carbocycles. The van der Waals surface area contributed by atoms with Crippen molar-refractivity contribution in [3.8, 4) is 6.19 Å². The van der Waals surface area contributed by atoms with Gasteiger partial charge < -0.3 is 19.4 Å². The second kappa shape index (κ2) is 5.73. The maximum Gasteiger partial charge on any atom is 0.216 e. The van der Waals surface area contributed by atoms with Crippen LogP contribution < -0.4 is 0 Å². The Balaban J connectivity index is 2.06. The monoisotopic (exact) mass is 285 g/mol. The normalized spacial score (nSPS) is 26.6. The van der Waals surface area contributed by atoms with Crippen LogP contribution in [-0.4, -0.2) is 59.5 Å². The van der Waals surface area contributed by atoms with Gasteiger partial charge in [0, 0.05) is 25.2 Å². The van der Waals surface area contributed by atoms with E-state index in [9.17, 15) is 0 Å². The molecule has 2 aliphatic heterocycles. The lowest BCUT2D eigenvalue weighted by molar-refractivity contribution is -0.0142. The van der Waals surface area contributed by atoms with Crippen LogP contribution in [0.15, 0.2) is 16.1 Å². The van der Waals surface area contributed by atoms with Gasteiger partial charge in [-0.25, -0.2) is 0 Å². The number of hydrogen-bond acceptors (Lipinski definition) is 6. The molecular formula is C10H15N5OS2. The Kier molecular flexibility index (Phi) is 4.27. The molecule has 0 N–H and O–H groups in total. The molecule has 8 heteroatoms. The standard InChI is InChI=1S/C10H15N5OS2/c1-13-3-8(18-10(13)17)4-15-7-16-6-14(2)9(15)12-5-11/h3,10,17H,4,6-7H2,1-2H3. The predicted molar refractivity (Wildman–Crippen MR) is 74.5 cm³/mol. The van der Waals surface area contributed by atoms with Gasteiger partial charge in [-0.05, 0) is 0 Å². The van der Waals surface area contributed by atoms with Crippen LogP contribution in [0.25, 0.3) is 0 Å². The van der Waals surface area contributed by atoms with Crippen LogP contribution in [-0.2, 0) is 4.74 Å². The minimum atomic E-state index is 0.153. The first-order valence-electron chi connectivity index (χ1n) is 5.40. The lowest BCUT2D eigenvalue weighted by Crippen LogP contribution is -2.50. The van der Waals surface area contributed by atoms with Gasteiger partial charge >= 0.3 is 0 Å². The van der Waals surface area contributed by atoms with Crippen molar-refractivity contribution in [2.75, 3.05) is 34.1 Å². The summed E-state index contributed by atoms with van der Waals surface area (Å²) in [6.45, 7) is 1.58. The second-order valence-corrected chi connectivity index (χ2v) is 6.12. The fraction of sp³-hybridized carbons (Fsp3) is 0.600. The summed E-state index contributed by atoms with van der Waals surface area (Å²) in [6, 6.07) is 0. The molecule has 2 rings (SSSR count). The number of ether oxygens (including phenoxy) is 1.